The highest BCUT2D eigenvalue weighted by Crippen LogP contribution is 2.06. The van der Waals surface area contributed by atoms with Gasteiger partial charge in [-0.2, -0.15) is 0 Å². The van der Waals surface area contributed by atoms with Gasteiger partial charge >= 0.3 is 5.97 Å². The Labute approximate surface area is 93.7 Å². The zero-order valence-corrected chi connectivity index (χ0v) is 10.1. The molecule has 0 amide bonds. The fourth-order valence-corrected chi connectivity index (χ4v) is 1.34. The van der Waals surface area contributed by atoms with Crippen LogP contribution < -0.4 is 0 Å². The van der Waals surface area contributed by atoms with E-state index in [2.05, 4.69) is 12.2 Å². The fraction of sp³-hybridized carbons (Fsp3) is 0.769. The zero-order chi connectivity index (χ0) is 11.4. The monoisotopic (exact) mass is 212 g/mol. The van der Waals surface area contributed by atoms with Crippen molar-refractivity contribution in [3.05, 3.63) is 12.2 Å². The van der Waals surface area contributed by atoms with Gasteiger partial charge in [-0.3, -0.25) is 4.79 Å². The molecule has 2 heteroatoms. The highest BCUT2D eigenvalue weighted by Gasteiger charge is 2.00. The number of unbranched alkanes of at least 4 members (excludes halogenated alkanes) is 4. The minimum absolute atomic E-state index is 0.0368. The second-order valence-corrected chi connectivity index (χ2v) is 3.74. The van der Waals surface area contributed by atoms with Gasteiger partial charge < -0.3 is 4.74 Å². The van der Waals surface area contributed by atoms with Crippen LogP contribution in [0.4, 0.5) is 0 Å². The van der Waals surface area contributed by atoms with Crippen LogP contribution in [0.2, 0.25) is 0 Å². The van der Waals surface area contributed by atoms with Crippen LogP contribution in [-0.4, -0.2) is 12.6 Å². The first-order chi connectivity index (χ1) is 7.31. The first kappa shape index (κ1) is 14.2. The standard InChI is InChI=1S/C13H24O2/c1-3-5-6-7-8-9-10-11-13(14)15-12-4-2/h3,5H,4,6-12H2,1-2H3. The molecule has 0 fully saturated rings. The van der Waals surface area contributed by atoms with E-state index in [4.69, 9.17) is 4.74 Å². The summed E-state index contributed by atoms with van der Waals surface area (Å²) in [4.78, 5) is 11.1. The Bertz CT molecular complexity index is 173. The Morgan fingerprint density at radius 3 is 2.60 bits per heavy atom. The normalized spacial score (nSPS) is 10.8. The smallest absolute Gasteiger partial charge is 0.305 e. The second-order valence-electron chi connectivity index (χ2n) is 3.74. The van der Waals surface area contributed by atoms with Gasteiger partial charge in [-0.15, -0.1) is 0 Å². The second kappa shape index (κ2) is 11.3. The Balaban J connectivity index is 3.12. The van der Waals surface area contributed by atoms with E-state index in [1.165, 1.54) is 12.8 Å². The highest BCUT2D eigenvalue weighted by molar-refractivity contribution is 5.69. The third-order valence-electron chi connectivity index (χ3n) is 2.20. The molecule has 88 valence electrons. The van der Waals surface area contributed by atoms with Crippen LogP contribution >= 0.6 is 0 Å². The van der Waals surface area contributed by atoms with Gasteiger partial charge in [0, 0.05) is 6.42 Å². The largest absolute Gasteiger partial charge is 0.466 e. The fourth-order valence-electron chi connectivity index (χ4n) is 1.34. The number of carbonyl (C=O) groups is 1. The molecule has 0 bridgehead atoms. The van der Waals surface area contributed by atoms with Crippen LogP contribution in [0.5, 0.6) is 0 Å². The summed E-state index contributed by atoms with van der Waals surface area (Å²) >= 11 is 0. The predicted molar refractivity (Wildman–Crippen MR) is 63.8 cm³/mol. The summed E-state index contributed by atoms with van der Waals surface area (Å²) in [5, 5.41) is 0. The highest BCUT2D eigenvalue weighted by atomic mass is 16.5. The Morgan fingerprint density at radius 1 is 1.20 bits per heavy atom. The van der Waals surface area contributed by atoms with Crippen molar-refractivity contribution in [1.82, 2.24) is 0 Å². The van der Waals surface area contributed by atoms with E-state index in [1.54, 1.807) is 0 Å². The van der Waals surface area contributed by atoms with Crippen molar-refractivity contribution in [2.75, 3.05) is 6.61 Å². The first-order valence-corrected chi connectivity index (χ1v) is 6.08. The number of ether oxygens (including phenoxy) is 1. The SMILES string of the molecule is CC=CCCCCCCC(=O)OCCC. The van der Waals surface area contributed by atoms with Crippen LogP contribution in [0, 0.1) is 0 Å². The Morgan fingerprint density at radius 2 is 1.93 bits per heavy atom. The van der Waals surface area contributed by atoms with Gasteiger partial charge in [0.05, 0.1) is 6.61 Å². The van der Waals surface area contributed by atoms with Gasteiger partial charge in [-0.05, 0) is 32.6 Å². The summed E-state index contributed by atoms with van der Waals surface area (Å²) in [6.07, 6.45) is 11.5. The first-order valence-electron chi connectivity index (χ1n) is 6.08. The van der Waals surface area contributed by atoms with Crippen molar-refractivity contribution in [3.8, 4) is 0 Å². The van der Waals surface area contributed by atoms with Crippen molar-refractivity contribution in [1.29, 1.82) is 0 Å². The molecule has 0 saturated carbocycles. The zero-order valence-electron chi connectivity index (χ0n) is 10.1. The van der Waals surface area contributed by atoms with Gasteiger partial charge in [0.2, 0.25) is 0 Å². The molecule has 0 aliphatic rings. The van der Waals surface area contributed by atoms with Crippen molar-refractivity contribution >= 4 is 5.97 Å². The number of hydrogen-bond donors (Lipinski definition) is 0. The average Bonchev–Trinajstić information content (AvgIpc) is 2.25. The molecule has 0 saturated heterocycles. The number of hydrogen-bond acceptors (Lipinski definition) is 2. The van der Waals surface area contributed by atoms with Crippen LogP contribution in [0.25, 0.3) is 0 Å². The van der Waals surface area contributed by atoms with E-state index >= 15 is 0 Å². The number of carbonyl (C=O) groups excluding carboxylic acids is 1. The van der Waals surface area contributed by atoms with Crippen molar-refractivity contribution < 1.29 is 9.53 Å². The van der Waals surface area contributed by atoms with E-state index in [9.17, 15) is 4.79 Å². The van der Waals surface area contributed by atoms with E-state index in [0.717, 1.165) is 25.7 Å². The summed E-state index contributed by atoms with van der Waals surface area (Å²) in [5.41, 5.74) is 0. The molecule has 0 aromatic carbocycles. The summed E-state index contributed by atoms with van der Waals surface area (Å²) in [6.45, 7) is 4.62. The lowest BCUT2D eigenvalue weighted by atomic mass is 10.1. The molecular formula is C13H24O2. The Hall–Kier alpha value is -0.790. The Kier molecular flexibility index (Phi) is 10.7. The maximum absolute atomic E-state index is 11.1. The molecule has 0 heterocycles. The van der Waals surface area contributed by atoms with Crippen molar-refractivity contribution in [3.63, 3.8) is 0 Å². The molecule has 0 aromatic rings. The topological polar surface area (TPSA) is 26.3 Å². The minimum atomic E-state index is -0.0368. The molecule has 0 rings (SSSR count). The molecule has 2 nitrogen and oxygen atoms in total. The number of rotatable bonds is 9. The lowest BCUT2D eigenvalue weighted by Crippen LogP contribution is -2.04. The molecule has 0 radical (unpaired) electrons. The van der Waals surface area contributed by atoms with Gasteiger partial charge in [0.15, 0.2) is 0 Å². The molecule has 0 aliphatic heterocycles. The average molecular weight is 212 g/mol. The molecule has 15 heavy (non-hydrogen) atoms. The lowest BCUT2D eigenvalue weighted by molar-refractivity contribution is -0.143. The molecule has 0 atom stereocenters. The van der Waals surface area contributed by atoms with Gasteiger partial charge in [0.25, 0.3) is 0 Å². The summed E-state index contributed by atoms with van der Waals surface area (Å²) in [7, 11) is 0. The molecular weight excluding hydrogens is 188 g/mol. The maximum atomic E-state index is 11.1. The lowest BCUT2D eigenvalue weighted by Gasteiger charge is -2.02. The van der Waals surface area contributed by atoms with E-state index in [1.807, 2.05) is 13.8 Å². The predicted octanol–water partition coefficient (Wildman–Crippen LogP) is 3.86. The number of esters is 1. The summed E-state index contributed by atoms with van der Waals surface area (Å²) in [6, 6.07) is 0. The molecule has 0 N–H and O–H groups in total. The van der Waals surface area contributed by atoms with Crippen LogP contribution in [0.15, 0.2) is 12.2 Å². The van der Waals surface area contributed by atoms with E-state index in [-0.39, 0.29) is 5.97 Å². The minimum Gasteiger partial charge on any atom is -0.466 e. The molecule has 0 aromatic heterocycles. The molecule has 0 spiro atoms. The van der Waals surface area contributed by atoms with Crippen molar-refractivity contribution in [2.45, 2.75) is 58.8 Å². The summed E-state index contributed by atoms with van der Waals surface area (Å²) in [5.74, 6) is -0.0368. The van der Waals surface area contributed by atoms with E-state index < -0.39 is 0 Å². The van der Waals surface area contributed by atoms with Crippen LogP contribution in [-0.2, 0) is 9.53 Å². The van der Waals surface area contributed by atoms with Crippen LogP contribution in [0.3, 0.4) is 0 Å². The number of allylic oxidation sites excluding steroid dienone is 2. The van der Waals surface area contributed by atoms with Gasteiger partial charge in [-0.1, -0.05) is 31.9 Å². The third kappa shape index (κ3) is 11.1. The van der Waals surface area contributed by atoms with E-state index in [0.29, 0.717) is 13.0 Å². The van der Waals surface area contributed by atoms with Crippen LogP contribution in [0.1, 0.15) is 58.8 Å². The summed E-state index contributed by atoms with van der Waals surface area (Å²) < 4.78 is 4.99. The third-order valence-corrected chi connectivity index (χ3v) is 2.20. The quantitative estimate of drug-likeness (QED) is 0.329. The van der Waals surface area contributed by atoms with Gasteiger partial charge in [-0.25, -0.2) is 0 Å². The van der Waals surface area contributed by atoms with Crippen molar-refractivity contribution in [2.24, 2.45) is 0 Å². The maximum Gasteiger partial charge on any atom is 0.305 e. The molecule has 0 aliphatic carbocycles. The molecule has 0 unspecified atom stereocenters. The van der Waals surface area contributed by atoms with Gasteiger partial charge in [0.1, 0.15) is 0 Å².